The minimum atomic E-state index is 0.361. The molecule has 0 aliphatic rings. The minimum absolute atomic E-state index is 0.361. The predicted octanol–water partition coefficient (Wildman–Crippen LogP) is 2.60. The number of ether oxygens (including phenoxy) is 1. The molecule has 12 heavy (non-hydrogen) atoms. The topological polar surface area (TPSA) is 29.5 Å². The van der Waals surface area contributed by atoms with Crippen LogP contribution >= 0.6 is 0 Å². The van der Waals surface area contributed by atoms with Crippen molar-refractivity contribution in [3.63, 3.8) is 0 Å². The van der Waals surface area contributed by atoms with Crippen LogP contribution in [0, 0.1) is 0 Å². The lowest BCUT2D eigenvalue weighted by Gasteiger charge is -1.90. The maximum absolute atomic E-state index is 8.29. The summed E-state index contributed by atoms with van der Waals surface area (Å²) in [6.07, 6.45) is 4.68. The van der Waals surface area contributed by atoms with Crippen molar-refractivity contribution in [3.8, 4) is 0 Å². The van der Waals surface area contributed by atoms with Crippen LogP contribution in [0.3, 0.4) is 0 Å². The van der Waals surface area contributed by atoms with E-state index in [9.17, 15) is 0 Å². The highest BCUT2D eigenvalue weighted by molar-refractivity contribution is 4.35. The molecule has 0 aromatic heterocycles. The molecule has 0 saturated carbocycles. The Morgan fingerprint density at radius 2 is 1.50 bits per heavy atom. The van der Waals surface area contributed by atoms with Crippen molar-refractivity contribution in [2.24, 2.45) is 0 Å². The largest absolute Gasteiger partial charge is 0.396 e. The van der Waals surface area contributed by atoms with Gasteiger partial charge in [0.15, 0.2) is 0 Å². The highest BCUT2D eigenvalue weighted by atomic mass is 16.5. The van der Waals surface area contributed by atoms with Gasteiger partial charge in [-0.15, -0.1) is 0 Å². The molecule has 76 valence electrons. The number of unbranched alkanes of at least 4 members (excludes halogenated alkanes) is 3. The van der Waals surface area contributed by atoms with E-state index in [2.05, 4.69) is 6.92 Å². The van der Waals surface area contributed by atoms with E-state index in [4.69, 9.17) is 9.84 Å². The van der Waals surface area contributed by atoms with E-state index in [0.29, 0.717) is 6.61 Å². The Bertz CT molecular complexity index is 49.8. The van der Waals surface area contributed by atoms with Crippen LogP contribution in [-0.2, 0) is 4.74 Å². The molecule has 0 fully saturated rings. The quantitative estimate of drug-likeness (QED) is 0.630. The molecule has 0 aliphatic heterocycles. The Balaban J connectivity index is 0. The summed E-state index contributed by atoms with van der Waals surface area (Å²) in [6.45, 7) is 8.19. The number of aliphatic hydroxyl groups is 1. The highest BCUT2D eigenvalue weighted by Gasteiger charge is 1.80. The van der Waals surface area contributed by atoms with Gasteiger partial charge in [-0.3, -0.25) is 0 Å². The van der Waals surface area contributed by atoms with Gasteiger partial charge in [0.25, 0.3) is 0 Å². The summed E-state index contributed by atoms with van der Waals surface area (Å²) < 4.78 is 4.83. The van der Waals surface area contributed by atoms with Crippen molar-refractivity contribution < 1.29 is 9.84 Å². The molecule has 0 amide bonds. The summed E-state index contributed by atoms with van der Waals surface area (Å²) in [5.41, 5.74) is 0. The van der Waals surface area contributed by atoms with Crippen molar-refractivity contribution in [2.75, 3.05) is 19.8 Å². The highest BCUT2D eigenvalue weighted by Crippen LogP contribution is 1.95. The van der Waals surface area contributed by atoms with Crippen LogP contribution in [0.4, 0.5) is 0 Å². The first-order valence-corrected chi connectivity index (χ1v) is 5.01. The van der Waals surface area contributed by atoms with Crippen LogP contribution in [0.2, 0.25) is 0 Å². The second-order valence-electron chi connectivity index (χ2n) is 2.57. The summed E-state index contributed by atoms with van der Waals surface area (Å²) in [4.78, 5) is 0. The molecule has 0 saturated heterocycles. The maximum atomic E-state index is 8.29. The monoisotopic (exact) mass is 176 g/mol. The Kier molecular flexibility index (Phi) is 20.6. The third-order valence-corrected chi connectivity index (χ3v) is 1.42. The molecule has 0 bridgehead atoms. The molecule has 0 aromatic rings. The predicted molar refractivity (Wildman–Crippen MR) is 53.4 cm³/mol. The molecular formula is C10H24O2. The van der Waals surface area contributed by atoms with E-state index in [1.807, 2.05) is 13.8 Å². The van der Waals surface area contributed by atoms with Crippen molar-refractivity contribution >= 4 is 0 Å². The summed E-state index contributed by atoms with van der Waals surface area (Å²) in [6, 6.07) is 0. The van der Waals surface area contributed by atoms with Gasteiger partial charge in [-0.05, 0) is 20.3 Å². The zero-order valence-electron chi connectivity index (χ0n) is 8.81. The Hall–Kier alpha value is -0.0800. The second kappa shape index (κ2) is 17.1. The number of hydrogen-bond acceptors (Lipinski definition) is 2. The molecule has 0 aliphatic carbocycles. The summed E-state index contributed by atoms with van der Waals surface area (Å²) in [7, 11) is 0. The Labute approximate surface area is 76.9 Å². The van der Waals surface area contributed by atoms with E-state index in [0.717, 1.165) is 19.6 Å². The first kappa shape index (κ1) is 14.4. The summed E-state index contributed by atoms with van der Waals surface area (Å²) in [5, 5.41) is 8.29. The minimum Gasteiger partial charge on any atom is -0.396 e. The van der Waals surface area contributed by atoms with Crippen molar-refractivity contribution in [1.82, 2.24) is 0 Å². The first-order chi connectivity index (χ1) is 5.83. The second-order valence-corrected chi connectivity index (χ2v) is 2.57. The van der Waals surface area contributed by atoms with Crippen LogP contribution < -0.4 is 0 Å². The Morgan fingerprint density at radius 1 is 0.917 bits per heavy atom. The molecule has 0 atom stereocenters. The molecule has 0 aromatic carbocycles. The number of rotatable bonds is 6. The molecule has 0 spiro atoms. The van der Waals surface area contributed by atoms with Crippen LogP contribution in [0.25, 0.3) is 0 Å². The van der Waals surface area contributed by atoms with E-state index in [1.54, 1.807) is 0 Å². The smallest absolute Gasteiger partial charge is 0.0437 e. The van der Waals surface area contributed by atoms with Gasteiger partial charge in [0.1, 0.15) is 0 Å². The molecule has 0 rings (SSSR count). The number of hydrogen-bond donors (Lipinski definition) is 1. The van der Waals surface area contributed by atoms with Crippen molar-refractivity contribution in [3.05, 3.63) is 0 Å². The van der Waals surface area contributed by atoms with Gasteiger partial charge in [0, 0.05) is 19.8 Å². The van der Waals surface area contributed by atoms with E-state index < -0.39 is 0 Å². The van der Waals surface area contributed by atoms with Gasteiger partial charge in [-0.2, -0.15) is 0 Å². The van der Waals surface area contributed by atoms with Gasteiger partial charge in [-0.1, -0.05) is 26.2 Å². The third-order valence-electron chi connectivity index (χ3n) is 1.42. The van der Waals surface area contributed by atoms with E-state index in [-0.39, 0.29) is 0 Å². The van der Waals surface area contributed by atoms with Crippen LogP contribution in [0.1, 0.15) is 46.5 Å². The summed E-state index contributed by atoms with van der Waals surface area (Å²) in [5.74, 6) is 0. The van der Waals surface area contributed by atoms with Gasteiger partial charge < -0.3 is 9.84 Å². The molecule has 0 radical (unpaired) electrons. The van der Waals surface area contributed by atoms with E-state index >= 15 is 0 Å². The third kappa shape index (κ3) is 22.5. The fourth-order valence-corrected chi connectivity index (χ4v) is 0.743. The van der Waals surface area contributed by atoms with Gasteiger partial charge in [0.2, 0.25) is 0 Å². The average Bonchev–Trinajstić information content (AvgIpc) is 2.08. The lowest BCUT2D eigenvalue weighted by atomic mass is 10.2. The lowest BCUT2D eigenvalue weighted by molar-refractivity contribution is 0.162. The van der Waals surface area contributed by atoms with Gasteiger partial charge >= 0.3 is 0 Å². The van der Waals surface area contributed by atoms with Crippen LogP contribution in [-0.4, -0.2) is 24.9 Å². The average molecular weight is 176 g/mol. The molecule has 1 N–H and O–H groups in total. The van der Waals surface area contributed by atoms with Gasteiger partial charge in [0.05, 0.1) is 0 Å². The van der Waals surface area contributed by atoms with Crippen LogP contribution in [0.5, 0.6) is 0 Å². The SMILES string of the molecule is CCCCCCO.CCOCC. The molecular weight excluding hydrogens is 152 g/mol. The lowest BCUT2D eigenvalue weighted by Crippen LogP contribution is -1.84. The summed E-state index contributed by atoms with van der Waals surface area (Å²) >= 11 is 0. The standard InChI is InChI=1S/C6H14O.C4H10O/c1-2-3-4-5-6-7;1-3-5-4-2/h7H,2-6H2,1H3;3-4H2,1-2H3. The normalized spacial score (nSPS) is 9.00. The molecule has 2 heteroatoms. The zero-order valence-corrected chi connectivity index (χ0v) is 8.81. The molecule has 0 unspecified atom stereocenters. The van der Waals surface area contributed by atoms with Crippen molar-refractivity contribution in [1.29, 1.82) is 0 Å². The molecule has 0 heterocycles. The van der Waals surface area contributed by atoms with Crippen LogP contribution in [0.15, 0.2) is 0 Å². The fourth-order valence-electron chi connectivity index (χ4n) is 0.743. The van der Waals surface area contributed by atoms with Gasteiger partial charge in [-0.25, -0.2) is 0 Å². The maximum Gasteiger partial charge on any atom is 0.0437 e. The Morgan fingerprint density at radius 3 is 1.75 bits per heavy atom. The first-order valence-electron chi connectivity index (χ1n) is 5.01. The number of aliphatic hydroxyl groups excluding tert-OH is 1. The molecule has 2 nitrogen and oxygen atoms in total. The van der Waals surface area contributed by atoms with E-state index in [1.165, 1.54) is 19.3 Å². The fraction of sp³-hybridized carbons (Fsp3) is 1.00. The van der Waals surface area contributed by atoms with Crippen molar-refractivity contribution in [2.45, 2.75) is 46.5 Å². The zero-order chi connectivity index (χ0) is 9.66.